The molecule has 0 radical (unpaired) electrons. The monoisotopic (exact) mass is 325 g/mol. The summed E-state index contributed by atoms with van der Waals surface area (Å²) in [5.74, 6) is 1.26. The number of ketones is 1. The molecule has 2 N–H and O–H groups in total. The van der Waals surface area contributed by atoms with Crippen molar-refractivity contribution in [3.05, 3.63) is 27.7 Å². The molecule has 104 valence electrons. The average Bonchev–Trinajstić information content (AvgIpc) is 2.83. The minimum Gasteiger partial charge on any atom is -0.493 e. The van der Waals surface area contributed by atoms with Crippen LogP contribution in [0.25, 0.3) is 0 Å². The first kappa shape index (κ1) is 14.5. The molecule has 1 unspecified atom stereocenters. The number of hydrogen-bond donors (Lipinski definition) is 1. The molecule has 3 nitrogen and oxygen atoms in total. The molecule has 19 heavy (non-hydrogen) atoms. The number of halogens is 1. The summed E-state index contributed by atoms with van der Waals surface area (Å²) in [4.78, 5) is 12.2. The predicted molar refractivity (Wildman–Crippen MR) is 79.5 cm³/mol. The summed E-state index contributed by atoms with van der Waals surface area (Å²) in [6.45, 7) is 3.35. The molecule has 0 saturated heterocycles. The molecule has 1 aromatic rings. The summed E-state index contributed by atoms with van der Waals surface area (Å²) in [5, 5.41) is 0. The molecule has 1 heterocycles. The van der Waals surface area contributed by atoms with E-state index in [0.29, 0.717) is 13.0 Å². The van der Waals surface area contributed by atoms with Crippen LogP contribution in [0, 0.1) is 5.92 Å². The molecule has 1 aliphatic rings. The zero-order valence-corrected chi connectivity index (χ0v) is 12.8. The number of ether oxygens (including phenoxy) is 1. The number of carbonyl (C=O) groups excluding carboxylic acids is 1. The second kappa shape index (κ2) is 6.53. The van der Waals surface area contributed by atoms with Crippen LogP contribution in [-0.2, 0) is 17.6 Å². The van der Waals surface area contributed by atoms with Crippen LogP contribution >= 0.6 is 15.9 Å². The van der Waals surface area contributed by atoms with Gasteiger partial charge in [-0.2, -0.15) is 0 Å². The van der Waals surface area contributed by atoms with Gasteiger partial charge in [-0.3, -0.25) is 4.79 Å². The highest BCUT2D eigenvalue weighted by Crippen LogP contribution is 2.33. The van der Waals surface area contributed by atoms with Gasteiger partial charge in [0.05, 0.1) is 6.61 Å². The number of carbonyl (C=O) groups is 1. The Bertz CT molecular complexity index is 473. The molecule has 0 bridgehead atoms. The minimum absolute atomic E-state index is 0.0691. The van der Waals surface area contributed by atoms with Crippen molar-refractivity contribution in [3.8, 4) is 5.75 Å². The minimum atomic E-state index is 0.0691. The summed E-state index contributed by atoms with van der Waals surface area (Å²) < 4.78 is 6.68. The van der Waals surface area contributed by atoms with Crippen molar-refractivity contribution in [1.82, 2.24) is 0 Å². The third kappa shape index (κ3) is 3.57. The molecule has 4 heteroatoms. The normalized spacial score (nSPS) is 14.9. The standard InChI is InChI=1S/C15H20BrNO2/c1-10(3-2-5-17)14(18)9-12-8-13(16)7-11-4-6-19-15(11)12/h7-8,10H,2-6,9,17H2,1H3. The third-order valence-corrected chi connectivity index (χ3v) is 4.04. The van der Waals surface area contributed by atoms with Crippen LogP contribution in [0.4, 0.5) is 0 Å². The number of benzene rings is 1. The zero-order valence-electron chi connectivity index (χ0n) is 11.2. The number of rotatable bonds is 6. The van der Waals surface area contributed by atoms with Gasteiger partial charge in [0.1, 0.15) is 11.5 Å². The smallest absolute Gasteiger partial charge is 0.140 e. The Morgan fingerprint density at radius 1 is 1.53 bits per heavy atom. The van der Waals surface area contributed by atoms with E-state index in [2.05, 4.69) is 22.0 Å². The van der Waals surface area contributed by atoms with Crippen molar-refractivity contribution < 1.29 is 9.53 Å². The summed E-state index contributed by atoms with van der Waals surface area (Å²) >= 11 is 3.50. The lowest BCUT2D eigenvalue weighted by molar-refractivity contribution is -0.121. The maximum atomic E-state index is 12.2. The lowest BCUT2D eigenvalue weighted by Gasteiger charge is -2.12. The fourth-order valence-corrected chi connectivity index (χ4v) is 2.98. The summed E-state index contributed by atoms with van der Waals surface area (Å²) in [6.07, 6.45) is 3.15. The van der Waals surface area contributed by atoms with Gasteiger partial charge in [-0.05, 0) is 37.1 Å². The van der Waals surface area contributed by atoms with Gasteiger partial charge < -0.3 is 10.5 Å². The largest absolute Gasteiger partial charge is 0.493 e. The van der Waals surface area contributed by atoms with Gasteiger partial charge in [0.15, 0.2) is 0 Å². The first-order valence-electron chi connectivity index (χ1n) is 6.78. The van der Waals surface area contributed by atoms with E-state index >= 15 is 0 Å². The van der Waals surface area contributed by atoms with Crippen LogP contribution in [0.3, 0.4) is 0 Å². The highest BCUT2D eigenvalue weighted by Gasteiger charge is 2.21. The molecule has 1 aromatic carbocycles. The van der Waals surface area contributed by atoms with Crippen LogP contribution in [0.15, 0.2) is 16.6 Å². The van der Waals surface area contributed by atoms with E-state index in [-0.39, 0.29) is 11.7 Å². The molecule has 0 saturated carbocycles. The van der Waals surface area contributed by atoms with E-state index in [4.69, 9.17) is 10.5 Å². The zero-order chi connectivity index (χ0) is 13.8. The van der Waals surface area contributed by atoms with Gasteiger partial charge in [0.2, 0.25) is 0 Å². The Morgan fingerprint density at radius 2 is 2.32 bits per heavy atom. The van der Waals surface area contributed by atoms with Gasteiger partial charge in [0, 0.05) is 28.8 Å². The Hall–Kier alpha value is -0.870. The fraction of sp³-hybridized carbons (Fsp3) is 0.533. The lowest BCUT2D eigenvalue weighted by atomic mass is 9.94. The van der Waals surface area contributed by atoms with E-state index in [1.54, 1.807) is 0 Å². The molecule has 0 aliphatic carbocycles. The first-order chi connectivity index (χ1) is 9.11. The molecule has 1 atom stereocenters. The van der Waals surface area contributed by atoms with Gasteiger partial charge in [-0.1, -0.05) is 22.9 Å². The van der Waals surface area contributed by atoms with Crippen LogP contribution in [-0.4, -0.2) is 18.9 Å². The second-order valence-corrected chi connectivity index (χ2v) is 6.04. The predicted octanol–water partition coefficient (Wildman–Crippen LogP) is 2.87. The fourth-order valence-electron chi connectivity index (χ4n) is 2.42. The van der Waals surface area contributed by atoms with E-state index in [1.165, 1.54) is 5.56 Å². The van der Waals surface area contributed by atoms with E-state index < -0.39 is 0 Å². The lowest BCUT2D eigenvalue weighted by Crippen LogP contribution is -2.15. The van der Waals surface area contributed by atoms with Crippen molar-refractivity contribution in [2.75, 3.05) is 13.2 Å². The van der Waals surface area contributed by atoms with Gasteiger partial charge in [-0.15, -0.1) is 0 Å². The maximum absolute atomic E-state index is 12.2. The molecule has 0 fully saturated rings. The van der Waals surface area contributed by atoms with E-state index in [0.717, 1.165) is 41.7 Å². The third-order valence-electron chi connectivity index (χ3n) is 3.58. The molecule has 2 rings (SSSR count). The molecule has 1 aliphatic heterocycles. The van der Waals surface area contributed by atoms with Crippen molar-refractivity contribution in [1.29, 1.82) is 0 Å². The van der Waals surface area contributed by atoms with E-state index in [1.807, 2.05) is 13.0 Å². The number of hydrogen-bond acceptors (Lipinski definition) is 3. The van der Waals surface area contributed by atoms with Crippen molar-refractivity contribution in [2.45, 2.75) is 32.6 Å². The van der Waals surface area contributed by atoms with E-state index in [9.17, 15) is 4.79 Å². The van der Waals surface area contributed by atoms with Gasteiger partial charge in [0.25, 0.3) is 0 Å². The SMILES string of the molecule is CC(CCCN)C(=O)Cc1cc(Br)cc2c1OCC2. The quantitative estimate of drug-likeness (QED) is 0.874. The molecular formula is C15H20BrNO2. The number of Topliss-reactive ketones (excluding diaryl/α,β-unsaturated/α-hetero) is 1. The van der Waals surface area contributed by atoms with Crippen LogP contribution in [0.5, 0.6) is 5.75 Å². The molecule has 0 spiro atoms. The summed E-state index contributed by atoms with van der Waals surface area (Å²) in [6, 6.07) is 4.08. The highest BCUT2D eigenvalue weighted by atomic mass is 79.9. The van der Waals surface area contributed by atoms with Crippen molar-refractivity contribution in [3.63, 3.8) is 0 Å². The van der Waals surface area contributed by atoms with Crippen molar-refractivity contribution >= 4 is 21.7 Å². The Morgan fingerprint density at radius 3 is 3.05 bits per heavy atom. The van der Waals surface area contributed by atoms with Crippen LogP contribution < -0.4 is 10.5 Å². The van der Waals surface area contributed by atoms with Crippen molar-refractivity contribution in [2.24, 2.45) is 11.7 Å². The number of fused-ring (bicyclic) bond motifs is 1. The van der Waals surface area contributed by atoms with Gasteiger partial charge in [-0.25, -0.2) is 0 Å². The van der Waals surface area contributed by atoms with Crippen LogP contribution in [0.1, 0.15) is 30.9 Å². The molecule has 0 aromatic heterocycles. The maximum Gasteiger partial charge on any atom is 0.140 e. The molecular weight excluding hydrogens is 306 g/mol. The van der Waals surface area contributed by atoms with Gasteiger partial charge >= 0.3 is 0 Å². The summed E-state index contributed by atoms with van der Waals surface area (Å²) in [5.41, 5.74) is 7.69. The number of nitrogens with two attached hydrogens (primary N) is 1. The second-order valence-electron chi connectivity index (χ2n) is 5.13. The molecule has 0 amide bonds. The topological polar surface area (TPSA) is 52.3 Å². The summed E-state index contributed by atoms with van der Waals surface area (Å²) in [7, 11) is 0. The Kier molecular flexibility index (Phi) is 4.99. The highest BCUT2D eigenvalue weighted by molar-refractivity contribution is 9.10. The first-order valence-corrected chi connectivity index (χ1v) is 7.58. The Labute approximate surface area is 122 Å². The Balaban J connectivity index is 2.09. The van der Waals surface area contributed by atoms with Crippen LogP contribution in [0.2, 0.25) is 0 Å². The average molecular weight is 326 g/mol.